The molecule has 0 spiro atoms. The van der Waals surface area contributed by atoms with Crippen molar-refractivity contribution in [2.24, 2.45) is 0 Å². The van der Waals surface area contributed by atoms with Crippen molar-refractivity contribution in [3.63, 3.8) is 0 Å². The van der Waals surface area contributed by atoms with E-state index in [9.17, 15) is 0 Å². The highest BCUT2D eigenvalue weighted by Gasteiger charge is 2.05. The third-order valence-corrected chi connectivity index (χ3v) is 4.72. The third kappa shape index (κ3) is 5.55. The van der Waals surface area contributed by atoms with Gasteiger partial charge in [0.05, 0.1) is 12.2 Å². The highest BCUT2D eigenvalue weighted by Crippen LogP contribution is 2.16. The second kappa shape index (κ2) is 9.01. The molecule has 0 bridgehead atoms. The van der Waals surface area contributed by atoms with Gasteiger partial charge in [-0.2, -0.15) is 10.2 Å². The third-order valence-electron chi connectivity index (χ3n) is 4.11. The number of hydrogen-bond donors (Lipinski definition) is 2. The minimum atomic E-state index is 0.561. The van der Waals surface area contributed by atoms with E-state index in [1.165, 1.54) is 5.69 Å². The summed E-state index contributed by atoms with van der Waals surface area (Å²) in [6, 6.07) is 11.7. The maximum Gasteiger partial charge on any atom is 0.171 e. The molecule has 2 heterocycles. The first kappa shape index (κ1) is 19.4. The Hall–Kier alpha value is -2.38. The van der Waals surface area contributed by atoms with Gasteiger partial charge in [-0.3, -0.25) is 9.36 Å². The summed E-state index contributed by atoms with van der Waals surface area (Å²) < 4.78 is 3.85. The van der Waals surface area contributed by atoms with Crippen LogP contribution in [0, 0.1) is 13.8 Å². The van der Waals surface area contributed by atoms with E-state index < -0.39 is 0 Å². The van der Waals surface area contributed by atoms with Gasteiger partial charge in [0.2, 0.25) is 0 Å². The zero-order valence-corrected chi connectivity index (χ0v) is 17.0. The molecular weight excluding hydrogens is 380 g/mol. The van der Waals surface area contributed by atoms with Gasteiger partial charge in [0, 0.05) is 36.1 Å². The molecule has 3 rings (SSSR count). The Morgan fingerprint density at radius 1 is 1.19 bits per heavy atom. The smallest absolute Gasteiger partial charge is 0.171 e. The van der Waals surface area contributed by atoms with Crippen LogP contribution in [-0.2, 0) is 13.1 Å². The highest BCUT2D eigenvalue weighted by molar-refractivity contribution is 7.80. The first-order chi connectivity index (χ1) is 13.0. The topological polar surface area (TPSA) is 59.7 Å². The number of halogens is 1. The van der Waals surface area contributed by atoms with Gasteiger partial charge < -0.3 is 10.6 Å². The van der Waals surface area contributed by atoms with E-state index in [2.05, 4.69) is 33.8 Å². The molecule has 2 N–H and O–H groups in total. The molecule has 6 nitrogen and oxygen atoms in total. The van der Waals surface area contributed by atoms with Crippen molar-refractivity contribution in [1.82, 2.24) is 24.9 Å². The van der Waals surface area contributed by atoms with Gasteiger partial charge in [0.1, 0.15) is 0 Å². The van der Waals surface area contributed by atoms with Gasteiger partial charge in [-0.15, -0.1) is 0 Å². The number of hydrogen-bond acceptors (Lipinski definition) is 3. The zero-order chi connectivity index (χ0) is 19.2. The van der Waals surface area contributed by atoms with Crippen molar-refractivity contribution < 1.29 is 0 Å². The number of aryl methyl sites for hydroxylation is 3. The summed E-state index contributed by atoms with van der Waals surface area (Å²) in [4.78, 5) is 0. The van der Waals surface area contributed by atoms with Crippen LogP contribution in [0.4, 0.5) is 5.82 Å². The van der Waals surface area contributed by atoms with Gasteiger partial charge in [-0.1, -0.05) is 29.8 Å². The molecule has 1 aromatic carbocycles. The van der Waals surface area contributed by atoms with Crippen molar-refractivity contribution in [2.45, 2.75) is 33.4 Å². The second-order valence-electron chi connectivity index (χ2n) is 6.37. The molecule has 2 aromatic heterocycles. The van der Waals surface area contributed by atoms with Crippen molar-refractivity contribution in [1.29, 1.82) is 0 Å². The molecule has 3 aromatic rings. The lowest BCUT2D eigenvalue weighted by Crippen LogP contribution is -2.30. The van der Waals surface area contributed by atoms with Crippen molar-refractivity contribution in [3.05, 3.63) is 64.6 Å². The van der Waals surface area contributed by atoms with Crippen LogP contribution in [0.5, 0.6) is 0 Å². The molecule has 0 amide bonds. The molecule has 0 aliphatic rings. The first-order valence-corrected chi connectivity index (χ1v) is 9.62. The molecule has 0 atom stereocenters. The minimum Gasteiger partial charge on any atom is -0.362 e. The molecule has 8 heteroatoms. The summed E-state index contributed by atoms with van der Waals surface area (Å²) >= 11 is 11.5. The lowest BCUT2D eigenvalue weighted by atomic mass is 10.2. The molecule has 0 aliphatic carbocycles. The monoisotopic (exact) mass is 402 g/mol. The SMILES string of the molecule is Cc1cc(C)n(CCCNC(=S)Nc2ccn(Cc3ccccc3Cl)n2)n1. The molecule has 0 saturated carbocycles. The van der Waals surface area contributed by atoms with Crippen LogP contribution in [0.1, 0.15) is 23.4 Å². The van der Waals surface area contributed by atoms with Crippen LogP contribution >= 0.6 is 23.8 Å². The number of anilines is 1. The predicted octanol–water partition coefficient (Wildman–Crippen LogP) is 3.77. The summed E-state index contributed by atoms with van der Waals surface area (Å²) in [5.74, 6) is 0.707. The van der Waals surface area contributed by atoms with E-state index in [1.54, 1.807) is 0 Å². The maximum atomic E-state index is 6.20. The van der Waals surface area contributed by atoms with E-state index in [0.29, 0.717) is 17.5 Å². The number of benzene rings is 1. The summed E-state index contributed by atoms with van der Waals surface area (Å²) in [6.45, 7) is 6.32. The van der Waals surface area contributed by atoms with Crippen LogP contribution in [0.2, 0.25) is 5.02 Å². The van der Waals surface area contributed by atoms with Gasteiger partial charge in [-0.05, 0) is 50.2 Å². The number of aromatic nitrogens is 4. The zero-order valence-electron chi connectivity index (χ0n) is 15.4. The van der Waals surface area contributed by atoms with E-state index >= 15 is 0 Å². The molecule has 0 unspecified atom stereocenters. The summed E-state index contributed by atoms with van der Waals surface area (Å²) in [6.07, 6.45) is 2.84. The van der Waals surface area contributed by atoms with Crippen molar-refractivity contribution in [2.75, 3.05) is 11.9 Å². The number of nitrogens with zero attached hydrogens (tertiary/aromatic N) is 4. The molecule has 0 aliphatic heterocycles. The Kier molecular flexibility index (Phi) is 6.47. The lowest BCUT2D eigenvalue weighted by molar-refractivity contribution is 0.558. The molecule has 0 fully saturated rings. The summed E-state index contributed by atoms with van der Waals surface area (Å²) in [5, 5.41) is 16.6. The predicted molar refractivity (Wildman–Crippen MR) is 113 cm³/mol. The van der Waals surface area contributed by atoms with Crippen LogP contribution in [0.3, 0.4) is 0 Å². The largest absolute Gasteiger partial charge is 0.362 e. The Balaban J connectivity index is 1.42. The van der Waals surface area contributed by atoms with Gasteiger partial charge >= 0.3 is 0 Å². The van der Waals surface area contributed by atoms with Crippen LogP contribution in [0.25, 0.3) is 0 Å². The molecule has 142 valence electrons. The Morgan fingerprint density at radius 3 is 2.74 bits per heavy atom. The molecule has 0 saturated heterocycles. The molecular formula is C19H23ClN6S. The van der Waals surface area contributed by atoms with Crippen molar-refractivity contribution >= 4 is 34.7 Å². The van der Waals surface area contributed by atoms with E-state index in [0.717, 1.165) is 35.8 Å². The number of nitrogens with one attached hydrogen (secondary N) is 2. The normalized spacial score (nSPS) is 10.8. The average Bonchev–Trinajstić information content (AvgIpc) is 3.19. The van der Waals surface area contributed by atoms with Crippen molar-refractivity contribution in [3.8, 4) is 0 Å². The Labute approximate surface area is 169 Å². The van der Waals surface area contributed by atoms with Crippen LogP contribution in [0.15, 0.2) is 42.6 Å². The second-order valence-corrected chi connectivity index (χ2v) is 7.19. The fraction of sp³-hybridized carbons (Fsp3) is 0.316. The Morgan fingerprint density at radius 2 is 2.00 bits per heavy atom. The quantitative estimate of drug-likeness (QED) is 0.465. The fourth-order valence-electron chi connectivity index (χ4n) is 2.81. The molecule has 27 heavy (non-hydrogen) atoms. The van der Waals surface area contributed by atoms with E-state index in [1.807, 2.05) is 52.8 Å². The molecule has 0 radical (unpaired) electrons. The number of rotatable bonds is 7. The lowest BCUT2D eigenvalue weighted by Gasteiger charge is -2.09. The average molecular weight is 403 g/mol. The van der Waals surface area contributed by atoms with Gasteiger partial charge in [-0.25, -0.2) is 0 Å². The first-order valence-electron chi connectivity index (χ1n) is 8.84. The highest BCUT2D eigenvalue weighted by atomic mass is 35.5. The Bertz CT molecular complexity index is 917. The maximum absolute atomic E-state index is 6.20. The minimum absolute atomic E-state index is 0.561. The van der Waals surface area contributed by atoms with E-state index in [-0.39, 0.29) is 0 Å². The summed E-state index contributed by atoms with van der Waals surface area (Å²) in [7, 11) is 0. The van der Waals surface area contributed by atoms with E-state index in [4.69, 9.17) is 23.8 Å². The van der Waals surface area contributed by atoms with Crippen LogP contribution in [-0.4, -0.2) is 31.2 Å². The summed E-state index contributed by atoms with van der Waals surface area (Å²) in [5.41, 5.74) is 3.25. The van der Waals surface area contributed by atoms with Crippen LogP contribution < -0.4 is 10.6 Å². The van der Waals surface area contributed by atoms with Gasteiger partial charge in [0.25, 0.3) is 0 Å². The fourth-order valence-corrected chi connectivity index (χ4v) is 3.21. The standard InChI is InChI=1S/C19H23ClN6S/c1-14-12-15(2)26(23-14)10-5-9-21-19(27)22-18-8-11-25(24-18)13-16-6-3-4-7-17(16)20/h3-4,6-8,11-12H,5,9-10,13H2,1-2H3,(H2,21,22,24,27). The number of thiocarbonyl (C=S) groups is 1. The van der Waals surface area contributed by atoms with Gasteiger partial charge in [0.15, 0.2) is 10.9 Å².